The Morgan fingerprint density at radius 3 is 1.88 bits per heavy atom. The predicted octanol–water partition coefficient (Wildman–Crippen LogP) is 2.97. The van der Waals surface area contributed by atoms with Gasteiger partial charge in [-0.1, -0.05) is 6.07 Å². The minimum absolute atomic E-state index is 0.0595. The molecular weight excluding hydrogens is 312 g/mol. The fraction of sp³-hybridized carbons (Fsp3) is 0.278. The molecule has 1 N–H and O–H groups in total. The van der Waals surface area contributed by atoms with Crippen LogP contribution in [0.5, 0.6) is 28.7 Å². The minimum Gasteiger partial charge on any atom is -0.504 e. The third-order valence-electron chi connectivity index (χ3n) is 3.71. The second-order valence-electron chi connectivity index (χ2n) is 5.06. The van der Waals surface area contributed by atoms with Crippen LogP contribution in [0.1, 0.15) is 21.5 Å². The van der Waals surface area contributed by atoms with Crippen LogP contribution in [0.25, 0.3) is 0 Å². The quantitative estimate of drug-likeness (QED) is 0.820. The summed E-state index contributed by atoms with van der Waals surface area (Å²) in [6.07, 6.45) is 0. The van der Waals surface area contributed by atoms with E-state index in [1.165, 1.54) is 28.4 Å². The van der Waals surface area contributed by atoms with Gasteiger partial charge in [0.2, 0.25) is 5.75 Å². The molecule has 0 amide bonds. The van der Waals surface area contributed by atoms with Crippen molar-refractivity contribution in [3.8, 4) is 28.7 Å². The van der Waals surface area contributed by atoms with Gasteiger partial charge in [-0.3, -0.25) is 4.79 Å². The first-order valence-electron chi connectivity index (χ1n) is 7.19. The highest BCUT2D eigenvalue weighted by atomic mass is 16.5. The Morgan fingerprint density at radius 2 is 1.42 bits per heavy atom. The topological polar surface area (TPSA) is 74.2 Å². The SMILES string of the molecule is COc1cc(C(=O)c2ccc(C)c(O)c2OC)cc(OC)c1OC. The largest absolute Gasteiger partial charge is 0.504 e. The van der Waals surface area contributed by atoms with Crippen LogP contribution in [0.4, 0.5) is 0 Å². The first kappa shape index (κ1) is 17.5. The third-order valence-corrected chi connectivity index (χ3v) is 3.71. The van der Waals surface area contributed by atoms with E-state index in [0.29, 0.717) is 28.4 Å². The van der Waals surface area contributed by atoms with Crippen LogP contribution in [0.2, 0.25) is 0 Å². The summed E-state index contributed by atoms with van der Waals surface area (Å²) in [5.74, 6) is 0.882. The predicted molar refractivity (Wildman–Crippen MR) is 88.9 cm³/mol. The molecule has 0 unspecified atom stereocenters. The zero-order valence-corrected chi connectivity index (χ0v) is 14.3. The third kappa shape index (κ3) is 2.95. The van der Waals surface area contributed by atoms with Crippen molar-refractivity contribution < 1.29 is 28.8 Å². The summed E-state index contributed by atoms with van der Waals surface area (Å²) in [4.78, 5) is 12.9. The molecule has 0 saturated carbocycles. The van der Waals surface area contributed by atoms with E-state index < -0.39 is 0 Å². The van der Waals surface area contributed by atoms with E-state index in [9.17, 15) is 9.90 Å². The van der Waals surface area contributed by atoms with E-state index in [-0.39, 0.29) is 22.8 Å². The second-order valence-corrected chi connectivity index (χ2v) is 5.06. The summed E-state index contributed by atoms with van der Waals surface area (Å²) >= 11 is 0. The molecule has 0 radical (unpaired) electrons. The van der Waals surface area contributed by atoms with Gasteiger partial charge in [0.25, 0.3) is 0 Å². The van der Waals surface area contributed by atoms with Crippen molar-refractivity contribution in [3.05, 3.63) is 41.0 Å². The zero-order chi connectivity index (χ0) is 17.9. The smallest absolute Gasteiger partial charge is 0.203 e. The molecule has 24 heavy (non-hydrogen) atoms. The van der Waals surface area contributed by atoms with Crippen molar-refractivity contribution in [1.82, 2.24) is 0 Å². The highest BCUT2D eigenvalue weighted by Gasteiger charge is 2.22. The maximum absolute atomic E-state index is 12.9. The maximum Gasteiger partial charge on any atom is 0.203 e. The number of methoxy groups -OCH3 is 4. The van der Waals surface area contributed by atoms with Crippen LogP contribution in [0, 0.1) is 6.92 Å². The lowest BCUT2D eigenvalue weighted by atomic mass is 9.99. The summed E-state index contributed by atoms with van der Waals surface area (Å²) in [6, 6.07) is 6.38. The average Bonchev–Trinajstić information content (AvgIpc) is 2.61. The van der Waals surface area contributed by atoms with Crippen molar-refractivity contribution >= 4 is 5.78 Å². The van der Waals surface area contributed by atoms with Gasteiger partial charge in [-0.15, -0.1) is 0 Å². The van der Waals surface area contributed by atoms with Crippen molar-refractivity contribution in [3.63, 3.8) is 0 Å². The number of ketones is 1. The van der Waals surface area contributed by atoms with E-state index in [1.54, 1.807) is 31.2 Å². The van der Waals surface area contributed by atoms with Gasteiger partial charge in [-0.2, -0.15) is 0 Å². The molecule has 2 rings (SSSR count). The molecule has 0 fully saturated rings. The Labute approximate surface area is 140 Å². The summed E-state index contributed by atoms with van der Waals surface area (Å²) < 4.78 is 21.0. The number of aromatic hydroxyl groups is 1. The number of benzene rings is 2. The molecule has 2 aromatic rings. The standard InChI is InChI=1S/C18H20O6/c1-10-6-7-12(17(23-4)15(10)19)16(20)11-8-13(21-2)18(24-5)14(9-11)22-3/h6-9,19H,1-5H3. The maximum atomic E-state index is 12.9. The molecular formula is C18H20O6. The molecule has 0 saturated heterocycles. The van der Waals surface area contributed by atoms with Gasteiger partial charge in [-0.25, -0.2) is 0 Å². The molecule has 0 aromatic heterocycles. The Hall–Kier alpha value is -2.89. The van der Waals surface area contributed by atoms with Crippen LogP contribution in [-0.2, 0) is 0 Å². The summed E-state index contributed by atoms with van der Waals surface area (Å²) in [5, 5.41) is 10.1. The van der Waals surface area contributed by atoms with Crippen LogP contribution in [0.15, 0.2) is 24.3 Å². The number of hydrogen-bond acceptors (Lipinski definition) is 6. The second kappa shape index (κ2) is 7.12. The summed E-state index contributed by atoms with van der Waals surface area (Å²) in [5.41, 5.74) is 1.19. The highest BCUT2D eigenvalue weighted by molar-refractivity contribution is 6.11. The number of carbonyl (C=O) groups is 1. The first-order valence-corrected chi connectivity index (χ1v) is 7.19. The normalized spacial score (nSPS) is 10.2. The van der Waals surface area contributed by atoms with Crippen LogP contribution in [-0.4, -0.2) is 39.3 Å². The molecule has 0 spiro atoms. The summed E-state index contributed by atoms with van der Waals surface area (Å²) in [7, 11) is 5.84. The monoisotopic (exact) mass is 332 g/mol. The van der Waals surface area contributed by atoms with Gasteiger partial charge in [0.05, 0.1) is 34.0 Å². The molecule has 2 aromatic carbocycles. The Balaban J connectivity index is 2.61. The average molecular weight is 332 g/mol. The minimum atomic E-state index is -0.332. The highest BCUT2D eigenvalue weighted by Crippen LogP contribution is 2.40. The number of carbonyl (C=O) groups excluding carboxylic acids is 1. The fourth-order valence-corrected chi connectivity index (χ4v) is 2.42. The van der Waals surface area contributed by atoms with E-state index in [1.807, 2.05) is 0 Å². The summed E-state index contributed by atoms with van der Waals surface area (Å²) in [6.45, 7) is 1.73. The Bertz CT molecular complexity index is 741. The van der Waals surface area contributed by atoms with Gasteiger partial charge in [0, 0.05) is 5.56 Å². The van der Waals surface area contributed by atoms with Crippen molar-refractivity contribution in [2.45, 2.75) is 6.92 Å². The van der Waals surface area contributed by atoms with E-state index in [4.69, 9.17) is 18.9 Å². The van der Waals surface area contributed by atoms with Gasteiger partial charge < -0.3 is 24.1 Å². The molecule has 6 heteroatoms. The van der Waals surface area contributed by atoms with Crippen LogP contribution < -0.4 is 18.9 Å². The van der Waals surface area contributed by atoms with Gasteiger partial charge in [0.15, 0.2) is 28.8 Å². The van der Waals surface area contributed by atoms with E-state index in [2.05, 4.69) is 0 Å². The number of hydrogen-bond donors (Lipinski definition) is 1. The first-order chi connectivity index (χ1) is 11.5. The van der Waals surface area contributed by atoms with Gasteiger partial charge in [-0.05, 0) is 30.7 Å². The fourth-order valence-electron chi connectivity index (χ4n) is 2.42. The number of ether oxygens (including phenoxy) is 4. The molecule has 0 atom stereocenters. The number of aryl methyl sites for hydroxylation is 1. The number of phenols is 1. The number of phenolic OH excluding ortho intramolecular Hbond substituents is 1. The van der Waals surface area contributed by atoms with Crippen molar-refractivity contribution in [2.75, 3.05) is 28.4 Å². The van der Waals surface area contributed by atoms with Crippen LogP contribution >= 0.6 is 0 Å². The van der Waals surface area contributed by atoms with Crippen LogP contribution in [0.3, 0.4) is 0 Å². The van der Waals surface area contributed by atoms with E-state index in [0.717, 1.165) is 0 Å². The molecule has 0 bridgehead atoms. The lowest BCUT2D eigenvalue weighted by Crippen LogP contribution is -2.06. The molecule has 0 heterocycles. The molecule has 0 aliphatic heterocycles. The van der Waals surface area contributed by atoms with Crippen molar-refractivity contribution in [1.29, 1.82) is 0 Å². The number of rotatable bonds is 6. The molecule has 6 nitrogen and oxygen atoms in total. The molecule has 0 aliphatic rings. The van der Waals surface area contributed by atoms with E-state index >= 15 is 0 Å². The van der Waals surface area contributed by atoms with Crippen molar-refractivity contribution in [2.24, 2.45) is 0 Å². The Morgan fingerprint density at radius 1 is 0.875 bits per heavy atom. The molecule has 128 valence electrons. The van der Waals surface area contributed by atoms with Gasteiger partial charge in [0.1, 0.15) is 0 Å². The molecule has 0 aliphatic carbocycles. The lowest BCUT2D eigenvalue weighted by molar-refractivity contribution is 0.103. The zero-order valence-electron chi connectivity index (χ0n) is 14.3. The lowest BCUT2D eigenvalue weighted by Gasteiger charge is -2.15. The Kier molecular flexibility index (Phi) is 5.18. The van der Waals surface area contributed by atoms with Gasteiger partial charge >= 0.3 is 0 Å².